The van der Waals surface area contributed by atoms with Crippen molar-refractivity contribution in [1.82, 2.24) is 5.32 Å². The van der Waals surface area contributed by atoms with Gasteiger partial charge < -0.3 is 10.4 Å². The first-order valence-corrected chi connectivity index (χ1v) is 6.51. The minimum absolute atomic E-state index is 0.248. The van der Waals surface area contributed by atoms with Crippen molar-refractivity contribution < 1.29 is 5.11 Å². The van der Waals surface area contributed by atoms with Gasteiger partial charge in [-0.05, 0) is 24.0 Å². The third-order valence-electron chi connectivity index (χ3n) is 2.40. The fraction of sp³-hybridized carbons (Fsp3) is 0.538. The highest BCUT2D eigenvalue weighted by atomic mass is 79.9. The van der Waals surface area contributed by atoms with Crippen molar-refractivity contribution in [2.45, 2.75) is 32.9 Å². The van der Waals surface area contributed by atoms with Crippen LogP contribution in [0.25, 0.3) is 0 Å². The summed E-state index contributed by atoms with van der Waals surface area (Å²) in [6.45, 7) is 5.68. The van der Waals surface area contributed by atoms with Crippen LogP contribution in [0.5, 0.6) is 0 Å². The van der Waals surface area contributed by atoms with Gasteiger partial charge in [0.05, 0.1) is 6.10 Å². The zero-order valence-electron chi connectivity index (χ0n) is 9.91. The minimum Gasteiger partial charge on any atom is -0.392 e. The van der Waals surface area contributed by atoms with Gasteiger partial charge in [-0.15, -0.1) is 0 Å². The summed E-state index contributed by atoms with van der Waals surface area (Å²) >= 11 is 3.50. The Bertz CT molecular complexity index is 315. The van der Waals surface area contributed by atoms with Gasteiger partial charge in [0.15, 0.2) is 0 Å². The molecule has 16 heavy (non-hydrogen) atoms. The molecule has 0 amide bonds. The Morgan fingerprint density at radius 2 is 2.00 bits per heavy atom. The van der Waals surface area contributed by atoms with Gasteiger partial charge in [0.25, 0.3) is 0 Å². The molecule has 0 saturated heterocycles. The van der Waals surface area contributed by atoms with Crippen molar-refractivity contribution in [2.75, 3.05) is 6.54 Å². The lowest BCUT2D eigenvalue weighted by molar-refractivity contribution is 0.146. The molecule has 1 aromatic carbocycles. The summed E-state index contributed by atoms with van der Waals surface area (Å²) < 4.78 is 1.11. The van der Waals surface area contributed by atoms with Crippen LogP contribution in [-0.2, 0) is 6.54 Å². The Labute approximate surface area is 106 Å². The van der Waals surface area contributed by atoms with E-state index >= 15 is 0 Å². The molecule has 0 aliphatic carbocycles. The Balaban J connectivity index is 2.28. The Morgan fingerprint density at radius 1 is 1.31 bits per heavy atom. The number of aliphatic hydroxyl groups is 1. The lowest BCUT2D eigenvalue weighted by Crippen LogP contribution is -2.27. The molecule has 2 N–H and O–H groups in total. The maximum atomic E-state index is 9.69. The highest BCUT2D eigenvalue weighted by Gasteiger charge is 2.06. The lowest BCUT2D eigenvalue weighted by Gasteiger charge is -2.14. The summed E-state index contributed by atoms with van der Waals surface area (Å²) in [7, 11) is 0. The van der Waals surface area contributed by atoms with Crippen molar-refractivity contribution in [3.8, 4) is 0 Å². The van der Waals surface area contributed by atoms with E-state index in [0.29, 0.717) is 12.5 Å². The Hall–Kier alpha value is -0.380. The molecule has 0 spiro atoms. The molecular formula is C13H20BrNO. The van der Waals surface area contributed by atoms with Crippen molar-refractivity contribution in [1.29, 1.82) is 0 Å². The van der Waals surface area contributed by atoms with Crippen LogP contribution in [0.3, 0.4) is 0 Å². The third kappa shape index (κ3) is 5.10. The largest absolute Gasteiger partial charge is 0.392 e. The van der Waals surface area contributed by atoms with E-state index in [1.165, 1.54) is 5.56 Å². The molecule has 0 aliphatic rings. The standard InChI is InChI=1S/C13H20BrNO/c1-10(2)7-12(16)9-15-8-11-5-3-4-6-13(11)14/h3-6,10,12,15-16H,7-9H2,1-2H3. The predicted octanol–water partition coefficient (Wildman–Crippen LogP) is 2.95. The summed E-state index contributed by atoms with van der Waals surface area (Å²) in [4.78, 5) is 0. The van der Waals surface area contributed by atoms with E-state index in [0.717, 1.165) is 17.4 Å². The molecule has 0 heterocycles. The summed E-state index contributed by atoms with van der Waals surface area (Å²) in [6.07, 6.45) is 0.602. The second kappa shape index (κ2) is 7.05. The normalized spacial score (nSPS) is 13.1. The molecule has 3 heteroatoms. The van der Waals surface area contributed by atoms with Crippen LogP contribution < -0.4 is 5.32 Å². The number of hydrogen-bond acceptors (Lipinski definition) is 2. The van der Waals surface area contributed by atoms with Gasteiger partial charge >= 0.3 is 0 Å². The quantitative estimate of drug-likeness (QED) is 0.842. The van der Waals surface area contributed by atoms with Gasteiger partial charge in [-0.25, -0.2) is 0 Å². The van der Waals surface area contributed by atoms with E-state index < -0.39 is 0 Å². The van der Waals surface area contributed by atoms with Crippen molar-refractivity contribution in [2.24, 2.45) is 5.92 Å². The summed E-state index contributed by atoms with van der Waals surface area (Å²) in [5.74, 6) is 0.542. The zero-order chi connectivity index (χ0) is 12.0. The molecule has 90 valence electrons. The SMILES string of the molecule is CC(C)CC(O)CNCc1ccccc1Br. The van der Waals surface area contributed by atoms with E-state index in [1.54, 1.807) is 0 Å². The average molecular weight is 286 g/mol. The highest BCUT2D eigenvalue weighted by molar-refractivity contribution is 9.10. The smallest absolute Gasteiger partial charge is 0.0667 e. The second-order valence-electron chi connectivity index (χ2n) is 4.51. The fourth-order valence-electron chi connectivity index (χ4n) is 1.64. The summed E-state index contributed by atoms with van der Waals surface area (Å²) in [5.41, 5.74) is 1.22. The molecular weight excluding hydrogens is 266 g/mol. The molecule has 1 rings (SSSR count). The average Bonchev–Trinajstić information content (AvgIpc) is 2.19. The Kier molecular flexibility index (Phi) is 6.03. The van der Waals surface area contributed by atoms with Crippen molar-refractivity contribution in [3.63, 3.8) is 0 Å². The topological polar surface area (TPSA) is 32.3 Å². The molecule has 0 bridgehead atoms. The van der Waals surface area contributed by atoms with E-state index in [2.05, 4.69) is 41.2 Å². The highest BCUT2D eigenvalue weighted by Crippen LogP contribution is 2.15. The van der Waals surface area contributed by atoms with E-state index in [-0.39, 0.29) is 6.10 Å². The number of hydrogen-bond donors (Lipinski definition) is 2. The van der Waals surface area contributed by atoms with Crippen LogP contribution >= 0.6 is 15.9 Å². The summed E-state index contributed by atoms with van der Waals surface area (Å²) in [6, 6.07) is 8.13. The van der Waals surface area contributed by atoms with E-state index in [4.69, 9.17) is 0 Å². The number of aliphatic hydroxyl groups excluding tert-OH is 1. The molecule has 0 aliphatic heterocycles. The molecule has 1 aromatic rings. The van der Waals surface area contributed by atoms with Crippen LogP contribution in [0.2, 0.25) is 0 Å². The summed E-state index contributed by atoms with van der Waals surface area (Å²) in [5, 5.41) is 13.0. The van der Waals surface area contributed by atoms with Gasteiger partial charge in [0.1, 0.15) is 0 Å². The van der Waals surface area contributed by atoms with Crippen LogP contribution in [0.4, 0.5) is 0 Å². The number of benzene rings is 1. The molecule has 0 fully saturated rings. The molecule has 2 nitrogen and oxygen atoms in total. The van der Waals surface area contributed by atoms with Crippen LogP contribution in [0, 0.1) is 5.92 Å². The fourth-order valence-corrected chi connectivity index (χ4v) is 2.07. The zero-order valence-corrected chi connectivity index (χ0v) is 11.5. The first-order valence-electron chi connectivity index (χ1n) is 5.71. The maximum absolute atomic E-state index is 9.69. The molecule has 1 unspecified atom stereocenters. The van der Waals surface area contributed by atoms with E-state index in [1.807, 2.05) is 18.2 Å². The molecule has 0 radical (unpaired) electrons. The third-order valence-corrected chi connectivity index (χ3v) is 3.17. The van der Waals surface area contributed by atoms with Gasteiger partial charge in [-0.2, -0.15) is 0 Å². The van der Waals surface area contributed by atoms with Crippen molar-refractivity contribution >= 4 is 15.9 Å². The minimum atomic E-state index is -0.248. The predicted molar refractivity (Wildman–Crippen MR) is 71.3 cm³/mol. The number of halogens is 1. The van der Waals surface area contributed by atoms with Gasteiger partial charge in [-0.1, -0.05) is 48.0 Å². The number of nitrogens with one attached hydrogen (secondary N) is 1. The van der Waals surface area contributed by atoms with Crippen LogP contribution in [0.15, 0.2) is 28.7 Å². The van der Waals surface area contributed by atoms with Crippen LogP contribution in [-0.4, -0.2) is 17.8 Å². The van der Waals surface area contributed by atoms with E-state index in [9.17, 15) is 5.11 Å². The second-order valence-corrected chi connectivity index (χ2v) is 5.36. The van der Waals surface area contributed by atoms with Gasteiger partial charge in [0.2, 0.25) is 0 Å². The number of rotatable bonds is 6. The monoisotopic (exact) mass is 285 g/mol. The van der Waals surface area contributed by atoms with Crippen molar-refractivity contribution in [3.05, 3.63) is 34.3 Å². The lowest BCUT2D eigenvalue weighted by atomic mass is 10.1. The molecule has 1 atom stereocenters. The Morgan fingerprint density at radius 3 is 2.62 bits per heavy atom. The first kappa shape index (κ1) is 13.7. The van der Waals surface area contributed by atoms with Gasteiger partial charge in [0, 0.05) is 17.6 Å². The maximum Gasteiger partial charge on any atom is 0.0667 e. The van der Waals surface area contributed by atoms with Gasteiger partial charge in [-0.3, -0.25) is 0 Å². The van der Waals surface area contributed by atoms with Crippen LogP contribution in [0.1, 0.15) is 25.8 Å². The molecule has 0 aromatic heterocycles. The first-order chi connectivity index (χ1) is 7.59. The molecule has 0 saturated carbocycles.